The minimum atomic E-state index is -0.699. The predicted molar refractivity (Wildman–Crippen MR) is 98.2 cm³/mol. The molecule has 3 aromatic rings. The van der Waals surface area contributed by atoms with Gasteiger partial charge in [0.25, 0.3) is 11.6 Å². The molecule has 0 saturated carbocycles. The first-order valence-electron chi connectivity index (χ1n) is 7.72. The van der Waals surface area contributed by atoms with Crippen LogP contribution in [0.4, 0.5) is 11.4 Å². The summed E-state index contributed by atoms with van der Waals surface area (Å²) in [6, 6.07) is 15.3. The number of fused-ring (bicyclic) bond motifs is 1. The molecule has 7 nitrogen and oxygen atoms in total. The van der Waals surface area contributed by atoms with Crippen molar-refractivity contribution in [2.45, 2.75) is 0 Å². The molecule has 0 aliphatic heterocycles. The lowest BCUT2D eigenvalue weighted by Gasteiger charge is -2.04. The van der Waals surface area contributed by atoms with Crippen molar-refractivity contribution < 1.29 is 9.72 Å². The van der Waals surface area contributed by atoms with Crippen LogP contribution in [0.15, 0.2) is 60.3 Å². The third-order valence-corrected chi connectivity index (χ3v) is 3.94. The molecule has 0 radical (unpaired) electrons. The van der Waals surface area contributed by atoms with Crippen LogP contribution in [0, 0.1) is 21.4 Å². The monoisotopic (exact) mass is 346 g/mol. The van der Waals surface area contributed by atoms with Gasteiger partial charge in [0.05, 0.1) is 4.92 Å². The summed E-state index contributed by atoms with van der Waals surface area (Å²) in [4.78, 5) is 22.9. The molecular formula is C19H14N4O3. The van der Waals surface area contributed by atoms with Crippen molar-refractivity contribution in [2.24, 2.45) is 7.05 Å². The Morgan fingerprint density at radius 3 is 2.65 bits per heavy atom. The molecule has 7 heteroatoms. The number of aromatic nitrogens is 1. The molecule has 0 bridgehead atoms. The summed E-state index contributed by atoms with van der Waals surface area (Å²) in [5.41, 5.74) is 1.36. The van der Waals surface area contributed by atoms with E-state index >= 15 is 0 Å². The highest BCUT2D eigenvalue weighted by Gasteiger charge is 2.17. The quantitative estimate of drug-likeness (QED) is 0.337. The summed E-state index contributed by atoms with van der Waals surface area (Å²) in [6.45, 7) is 0. The first kappa shape index (κ1) is 16.9. The molecule has 0 fully saturated rings. The Morgan fingerprint density at radius 2 is 1.92 bits per heavy atom. The van der Waals surface area contributed by atoms with E-state index in [9.17, 15) is 20.2 Å². The van der Waals surface area contributed by atoms with Gasteiger partial charge in [-0.05, 0) is 18.2 Å². The third kappa shape index (κ3) is 3.16. The average Bonchev–Trinajstić information content (AvgIpc) is 2.96. The van der Waals surface area contributed by atoms with E-state index in [-0.39, 0.29) is 16.9 Å². The number of nitrogens with one attached hydrogen (secondary N) is 1. The highest BCUT2D eigenvalue weighted by atomic mass is 16.6. The molecule has 1 heterocycles. The topological polar surface area (TPSA) is 101 Å². The second-order valence-corrected chi connectivity index (χ2v) is 5.61. The number of nitro groups is 1. The number of hydrogen-bond donors (Lipinski definition) is 1. The molecule has 128 valence electrons. The zero-order valence-corrected chi connectivity index (χ0v) is 13.8. The van der Waals surface area contributed by atoms with Crippen LogP contribution in [0.2, 0.25) is 0 Å². The lowest BCUT2D eigenvalue weighted by molar-refractivity contribution is -0.383. The van der Waals surface area contributed by atoms with Gasteiger partial charge < -0.3 is 9.88 Å². The highest BCUT2D eigenvalue weighted by Crippen LogP contribution is 2.25. The zero-order chi connectivity index (χ0) is 18.7. The van der Waals surface area contributed by atoms with Crippen LogP contribution >= 0.6 is 0 Å². The molecule has 26 heavy (non-hydrogen) atoms. The van der Waals surface area contributed by atoms with E-state index < -0.39 is 10.8 Å². The van der Waals surface area contributed by atoms with Gasteiger partial charge in [-0.1, -0.05) is 30.3 Å². The number of hydrogen-bond acceptors (Lipinski definition) is 4. The summed E-state index contributed by atoms with van der Waals surface area (Å²) in [5.74, 6) is -0.699. The van der Waals surface area contributed by atoms with Crippen LogP contribution in [-0.2, 0) is 11.8 Å². The van der Waals surface area contributed by atoms with Crippen LogP contribution in [0.25, 0.3) is 17.0 Å². The number of amides is 1. The Balaban J connectivity index is 1.96. The van der Waals surface area contributed by atoms with Gasteiger partial charge in [-0.2, -0.15) is 5.26 Å². The summed E-state index contributed by atoms with van der Waals surface area (Å²) in [6.07, 6.45) is 3.30. The first-order valence-corrected chi connectivity index (χ1v) is 7.72. The van der Waals surface area contributed by atoms with Crippen LogP contribution in [0.1, 0.15) is 5.56 Å². The largest absolute Gasteiger partial charge is 0.350 e. The number of anilines is 1. The minimum Gasteiger partial charge on any atom is -0.350 e. The number of nitriles is 1. The number of nitrogens with zero attached hydrogens (tertiary/aromatic N) is 3. The number of nitro benzene ring substituents is 1. The second kappa shape index (κ2) is 6.91. The van der Waals surface area contributed by atoms with Gasteiger partial charge in [-0.3, -0.25) is 14.9 Å². The van der Waals surface area contributed by atoms with Crippen molar-refractivity contribution in [1.29, 1.82) is 5.26 Å². The number of para-hydroxylation sites is 3. The van der Waals surface area contributed by atoms with E-state index in [0.717, 1.165) is 16.5 Å². The fourth-order valence-corrected chi connectivity index (χ4v) is 2.72. The van der Waals surface area contributed by atoms with Gasteiger partial charge >= 0.3 is 0 Å². The maximum absolute atomic E-state index is 12.4. The van der Waals surface area contributed by atoms with E-state index in [1.165, 1.54) is 24.3 Å². The van der Waals surface area contributed by atoms with Crippen molar-refractivity contribution in [3.05, 3.63) is 76.0 Å². The Kier molecular flexibility index (Phi) is 4.50. The van der Waals surface area contributed by atoms with E-state index in [0.29, 0.717) is 0 Å². The molecule has 0 atom stereocenters. The lowest BCUT2D eigenvalue weighted by atomic mass is 10.1. The Bertz CT molecular complexity index is 1090. The normalized spacial score (nSPS) is 11.2. The van der Waals surface area contributed by atoms with Crippen molar-refractivity contribution >= 4 is 34.3 Å². The molecule has 0 aliphatic rings. The molecular weight excluding hydrogens is 332 g/mol. The van der Waals surface area contributed by atoms with Crippen molar-refractivity contribution in [2.75, 3.05) is 5.32 Å². The van der Waals surface area contributed by atoms with Gasteiger partial charge in [0.2, 0.25) is 0 Å². The number of rotatable bonds is 4. The van der Waals surface area contributed by atoms with Gasteiger partial charge in [0.15, 0.2) is 0 Å². The van der Waals surface area contributed by atoms with Gasteiger partial charge in [0.1, 0.15) is 17.3 Å². The summed E-state index contributed by atoms with van der Waals surface area (Å²) < 4.78 is 1.90. The summed E-state index contributed by atoms with van der Waals surface area (Å²) >= 11 is 0. The van der Waals surface area contributed by atoms with E-state index in [1.807, 2.05) is 48.1 Å². The van der Waals surface area contributed by atoms with Gasteiger partial charge in [-0.15, -0.1) is 0 Å². The van der Waals surface area contributed by atoms with E-state index in [1.54, 1.807) is 6.07 Å². The number of carbonyl (C=O) groups is 1. The minimum absolute atomic E-state index is 0.0431. The van der Waals surface area contributed by atoms with Crippen LogP contribution in [-0.4, -0.2) is 15.4 Å². The van der Waals surface area contributed by atoms with Crippen LogP contribution in [0.5, 0.6) is 0 Å². The molecule has 0 saturated heterocycles. The maximum atomic E-state index is 12.4. The number of carbonyl (C=O) groups excluding carboxylic acids is 1. The average molecular weight is 346 g/mol. The fraction of sp³-hybridized carbons (Fsp3) is 0.0526. The Morgan fingerprint density at radius 1 is 1.23 bits per heavy atom. The maximum Gasteiger partial charge on any atom is 0.292 e. The zero-order valence-electron chi connectivity index (χ0n) is 13.8. The van der Waals surface area contributed by atoms with Crippen LogP contribution < -0.4 is 5.32 Å². The second-order valence-electron chi connectivity index (χ2n) is 5.61. The van der Waals surface area contributed by atoms with Gasteiger partial charge in [0, 0.05) is 35.8 Å². The fourth-order valence-electron chi connectivity index (χ4n) is 2.72. The summed E-state index contributed by atoms with van der Waals surface area (Å²) in [7, 11) is 1.87. The Labute approximate surface area is 148 Å². The van der Waals surface area contributed by atoms with Crippen molar-refractivity contribution in [3.8, 4) is 6.07 Å². The lowest BCUT2D eigenvalue weighted by Crippen LogP contribution is -2.14. The molecule has 0 aliphatic carbocycles. The van der Waals surface area contributed by atoms with Crippen molar-refractivity contribution in [1.82, 2.24) is 4.57 Å². The molecule has 1 N–H and O–H groups in total. The van der Waals surface area contributed by atoms with Crippen molar-refractivity contribution in [3.63, 3.8) is 0 Å². The molecule has 0 unspecified atom stereocenters. The standard InChI is InChI=1S/C19H14N4O3/c1-22-12-14(15-6-2-4-8-17(15)22)10-13(11-20)19(24)21-16-7-3-5-9-18(16)23(25)26/h2-10,12H,1H3,(H,21,24). The van der Waals surface area contributed by atoms with E-state index in [2.05, 4.69) is 5.32 Å². The van der Waals surface area contributed by atoms with Crippen LogP contribution in [0.3, 0.4) is 0 Å². The number of aryl methyl sites for hydroxylation is 1. The SMILES string of the molecule is Cn1cc(C=C(C#N)C(=O)Nc2ccccc2[N+](=O)[O-])c2ccccc21. The smallest absolute Gasteiger partial charge is 0.292 e. The third-order valence-electron chi connectivity index (χ3n) is 3.94. The molecule has 2 aromatic carbocycles. The summed E-state index contributed by atoms with van der Waals surface area (Å²) in [5, 5.41) is 23.8. The number of benzene rings is 2. The molecule has 0 spiro atoms. The first-order chi connectivity index (χ1) is 12.5. The Hall–Kier alpha value is -3.92. The molecule has 1 amide bonds. The van der Waals surface area contributed by atoms with Gasteiger partial charge in [-0.25, -0.2) is 0 Å². The molecule has 3 rings (SSSR count). The highest BCUT2D eigenvalue weighted by molar-refractivity contribution is 6.11. The molecule has 1 aromatic heterocycles. The van der Waals surface area contributed by atoms with E-state index in [4.69, 9.17) is 0 Å². The predicted octanol–water partition coefficient (Wildman–Crippen LogP) is 3.63.